The number of amides is 6. The van der Waals surface area contributed by atoms with Crippen LogP contribution in [0.1, 0.15) is 74.8 Å². The fourth-order valence-electron chi connectivity index (χ4n) is 9.00. The Morgan fingerprint density at radius 1 is 0.831 bits per heavy atom. The molecule has 1 aliphatic heterocycles. The summed E-state index contributed by atoms with van der Waals surface area (Å²) < 4.78 is 44.4. The number of phenolic OH excluding ortho intramolecular Hbond substituents is 1. The summed E-state index contributed by atoms with van der Waals surface area (Å²) in [6, 6.07) is 19.8. The highest BCUT2D eigenvalue weighted by Crippen LogP contribution is 2.34. The van der Waals surface area contributed by atoms with Gasteiger partial charge in [0.15, 0.2) is 18.1 Å². The summed E-state index contributed by atoms with van der Waals surface area (Å²) in [6.45, 7) is 6.60. The van der Waals surface area contributed by atoms with Crippen molar-refractivity contribution in [2.45, 2.75) is 89.9 Å². The Kier molecular flexibility index (Phi) is 24.2. The number of carbonyl (C=O) groups is 9. The summed E-state index contributed by atoms with van der Waals surface area (Å²) >= 11 is 0. The lowest BCUT2D eigenvalue weighted by atomic mass is 9.87. The van der Waals surface area contributed by atoms with Crippen molar-refractivity contribution < 1.29 is 76.3 Å². The third-order valence-electron chi connectivity index (χ3n) is 14.2. The number of carbonyl (C=O) groups excluding carboxylic acids is 9. The monoisotopic (exact) mass is 1150 g/mol. The summed E-state index contributed by atoms with van der Waals surface area (Å²) in [6.07, 6.45) is 0.751. The maximum atomic E-state index is 16.3. The first-order valence-corrected chi connectivity index (χ1v) is 27.1. The van der Waals surface area contributed by atoms with E-state index in [9.17, 15) is 48.3 Å². The van der Waals surface area contributed by atoms with Crippen LogP contribution in [0.3, 0.4) is 0 Å². The van der Waals surface area contributed by atoms with E-state index in [1.807, 2.05) is 0 Å². The number of Topliss-reactive ketones (excluding diaryl/α,β-unsaturated/α-hetero) is 1. The number of phenols is 1. The Labute approximate surface area is 483 Å². The van der Waals surface area contributed by atoms with Crippen LogP contribution in [0.5, 0.6) is 23.0 Å². The lowest BCUT2D eigenvalue weighted by Gasteiger charge is -2.36. The number of nitrogens with one attached hydrogen (secondary N) is 2. The maximum absolute atomic E-state index is 16.3. The van der Waals surface area contributed by atoms with E-state index in [0.717, 1.165) is 26.8 Å². The first kappa shape index (κ1) is 65.0. The number of benzene rings is 4. The van der Waals surface area contributed by atoms with Gasteiger partial charge in [0.05, 0.1) is 32.7 Å². The molecule has 5 rings (SSSR count). The van der Waals surface area contributed by atoms with Crippen molar-refractivity contribution in [2.24, 2.45) is 5.41 Å². The molecule has 1 fully saturated rings. The van der Waals surface area contributed by atoms with Crippen molar-refractivity contribution in [3.63, 3.8) is 0 Å². The van der Waals surface area contributed by atoms with Crippen LogP contribution in [0.4, 0.5) is 4.39 Å². The van der Waals surface area contributed by atoms with Gasteiger partial charge in [0.1, 0.15) is 48.2 Å². The van der Waals surface area contributed by atoms with Gasteiger partial charge in [-0.3, -0.25) is 33.6 Å². The minimum Gasteiger partial charge on any atom is -0.508 e. The van der Waals surface area contributed by atoms with Crippen molar-refractivity contribution in [2.75, 3.05) is 74.8 Å². The largest absolute Gasteiger partial charge is 0.508 e. The standard InChI is InChI=1S/C61H75FN6O15/c1-10-55(73)82-38-61(3,4)56(74)59(77)68-30-16-15-19-47(68)60(78)83-49(28-22-41-23-29-50(79-8)51(33-41)80-9)44-34-43(26-27-45(44)62)81-37-54(72)67(7)48(32-40-20-24-42(69)25-21-40)57(75)64-46(31-39-17-13-12-14-18-39)58(76)66(6)36-52(70)63-35-53(71)65(5)11-2/h10,12-14,17-18,20-21,23-27,29,33-34,46-49,69H,1,11,15-16,19,22,28,30-32,35-38H2,2-9H3,(H,63,70)(H,64,75)/t46-,47+,48+,49-/m1/s1. The molecule has 6 amide bonds. The number of nitrogens with zero attached hydrogens (tertiary/aromatic N) is 4. The number of likely N-dealkylation sites (tertiary alicyclic amines) is 1. The van der Waals surface area contributed by atoms with Gasteiger partial charge in [0.25, 0.3) is 11.8 Å². The van der Waals surface area contributed by atoms with Crippen LogP contribution in [0.15, 0.2) is 104 Å². The Morgan fingerprint density at radius 3 is 2.17 bits per heavy atom. The second kappa shape index (κ2) is 30.8. The van der Waals surface area contributed by atoms with Crippen LogP contribution in [0, 0.1) is 11.2 Å². The predicted octanol–water partition coefficient (Wildman–Crippen LogP) is 4.70. The van der Waals surface area contributed by atoms with Gasteiger partial charge in [-0.15, -0.1) is 0 Å². The van der Waals surface area contributed by atoms with E-state index in [0.29, 0.717) is 47.6 Å². The lowest BCUT2D eigenvalue weighted by molar-refractivity contribution is -0.165. The average molecular weight is 1150 g/mol. The van der Waals surface area contributed by atoms with Gasteiger partial charge in [-0.05, 0) is 112 Å². The van der Waals surface area contributed by atoms with Crippen LogP contribution in [-0.4, -0.2) is 171 Å². The van der Waals surface area contributed by atoms with Crippen LogP contribution in [0.2, 0.25) is 0 Å². The molecule has 0 bridgehead atoms. The van der Waals surface area contributed by atoms with Crippen molar-refractivity contribution in [3.05, 3.63) is 132 Å². The molecular weight excluding hydrogens is 1080 g/mol. The van der Waals surface area contributed by atoms with E-state index in [-0.39, 0.29) is 68.2 Å². The number of aryl methyl sites for hydroxylation is 1. The number of methoxy groups -OCH3 is 2. The lowest BCUT2D eigenvalue weighted by Crippen LogP contribution is -2.56. The molecule has 1 heterocycles. The van der Waals surface area contributed by atoms with E-state index in [1.165, 1.54) is 71.3 Å². The zero-order valence-corrected chi connectivity index (χ0v) is 48.3. The SMILES string of the molecule is C=CC(=O)OCC(C)(C)C(=O)C(=O)N1CCCC[C@H]1C(=O)O[C@H](CCc1ccc(OC)c(OC)c1)c1cc(OCC(=O)N(C)[C@@H](Cc2ccc(O)cc2)C(=O)N[C@H](Cc2ccccc2)C(=O)N(C)CC(=O)NCC(=O)N(C)CC)ccc1F. The van der Waals surface area contributed by atoms with Gasteiger partial charge in [-0.2, -0.15) is 0 Å². The summed E-state index contributed by atoms with van der Waals surface area (Å²) in [5, 5.41) is 15.4. The molecule has 0 saturated carbocycles. The van der Waals surface area contributed by atoms with E-state index >= 15 is 4.39 Å². The number of rotatable bonds is 29. The van der Waals surface area contributed by atoms with Crippen molar-refractivity contribution in [1.82, 2.24) is 30.2 Å². The number of hydrogen-bond donors (Lipinski definition) is 3. The summed E-state index contributed by atoms with van der Waals surface area (Å²) in [4.78, 5) is 127. The van der Waals surface area contributed by atoms with Gasteiger partial charge >= 0.3 is 11.9 Å². The highest BCUT2D eigenvalue weighted by atomic mass is 19.1. The number of piperidine rings is 1. The summed E-state index contributed by atoms with van der Waals surface area (Å²) in [5.74, 6) is -6.65. The van der Waals surface area contributed by atoms with Gasteiger partial charge in [-0.1, -0.05) is 55.1 Å². The van der Waals surface area contributed by atoms with Crippen LogP contribution in [0.25, 0.3) is 0 Å². The number of hydrogen-bond acceptors (Lipinski definition) is 15. The molecule has 83 heavy (non-hydrogen) atoms. The molecule has 0 unspecified atom stereocenters. The van der Waals surface area contributed by atoms with Gasteiger partial charge in [0, 0.05) is 58.7 Å². The molecule has 446 valence electrons. The minimum absolute atomic E-state index is 0.00694. The highest BCUT2D eigenvalue weighted by molar-refractivity contribution is 6.38. The Balaban J connectivity index is 1.40. The van der Waals surface area contributed by atoms with Gasteiger partial charge in [-0.25, -0.2) is 14.0 Å². The zero-order chi connectivity index (χ0) is 61.0. The summed E-state index contributed by atoms with van der Waals surface area (Å²) in [5.41, 5.74) is 0.291. The van der Waals surface area contributed by atoms with Crippen molar-refractivity contribution in [1.29, 1.82) is 0 Å². The second-order valence-electron chi connectivity index (χ2n) is 20.7. The van der Waals surface area contributed by atoms with Crippen LogP contribution < -0.4 is 24.8 Å². The number of ketones is 1. The Hall–Kier alpha value is -8.82. The molecule has 4 aromatic carbocycles. The molecule has 0 spiro atoms. The number of esters is 2. The van der Waals surface area contributed by atoms with E-state index in [2.05, 4.69) is 17.2 Å². The molecule has 0 aliphatic carbocycles. The summed E-state index contributed by atoms with van der Waals surface area (Å²) in [7, 11) is 7.28. The minimum atomic E-state index is -1.47. The van der Waals surface area contributed by atoms with Crippen LogP contribution in [-0.2, 0) is 71.9 Å². The third kappa shape index (κ3) is 18.6. The van der Waals surface area contributed by atoms with Gasteiger partial charge in [0.2, 0.25) is 29.4 Å². The molecule has 21 nitrogen and oxygen atoms in total. The third-order valence-corrected chi connectivity index (χ3v) is 14.2. The maximum Gasteiger partial charge on any atom is 0.330 e. The number of aromatic hydroxyl groups is 1. The fourth-order valence-corrected chi connectivity index (χ4v) is 9.00. The first-order valence-electron chi connectivity index (χ1n) is 27.1. The highest BCUT2D eigenvalue weighted by Gasteiger charge is 2.43. The Morgan fingerprint density at radius 2 is 1.51 bits per heavy atom. The first-order chi connectivity index (χ1) is 39.5. The molecule has 3 N–H and O–H groups in total. The molecule has 1 saturated heterocycles. The number of ether oxygens (including phenoxy) is 5. The zero-order valence-electron chi connectivity index (χ0n) is 48.3. The van der Waals surface area contributed by atoms with E-state index in [4.69, 9.17) is 23.7 Å². The molecule has 22 heteroatoms. The van der Waals surface area contributed by atoms with E-state index in [1.54, 1.807) is 74.6 Å². The second-order valence-corrected chi connectivity index (χ2v) is 20.7. The Bertz CT molecular complexity index is 2960. The molecule has 4 aromatic rings. The molecule has 0 radical (unpaired) electrons. The molecule has 1 aliphatic rings. The number of halogens is 1. The molecule has 4 atom stereocenters. The van der Waals surface area contributed by atoms with Gasteiger partial charge < -0.3 is 59.0 Å². The molecule has 0 aromatic heterocycles. The normalized spacial score (nSPS) is 14.1. The predicted molar refractivity (Wildman–Crippen MR) is 302 cm³/mol. The van der Waals surface area contributed by atoms with Crippen molar-refractivity contribution >= 4 is 53.2 Å². The quantitative estimate of drug-likeness (QED) is 0.0378. The smallest absolute Gasteiger partial charge is 0.330 e. The fraction of sp³-hybridized carbons (Fsp3) is 0.426. The molecular formula is C61H75FN6O15. The van der Waals surface area contributed by atoms with Crippen LogP contribution >= 0.6 is 0 Å². The number of likely N-dealkylation sites (N-methyl/N-ethyl adjacent to an activating group) is 3. The average Bonchev–Trinajstić information content (AvgIpc) is 3.70. The van der Waals surface area contributed by atoms with E-state index < -0.39 is 102 Å². The van der Waals surface area contributed by atoms with Crippen molar-refractivity contribution in [3.8, 4) is 23.0 Å². The topological polar surface area (TPSA) is 257 Å².